The molecule has 1 unspecified atom stereocenters. The van der Waals surface area contributed by atoms with Gasteiger partial charge in [-0.15, -0.1) is 11.6 Å². The zero-order chi connectivity index (χ0) is 11.5. The van der Waals surface area contributed by atoms with E-state index in [0.29, 0.717) is 6.54 Å². The number of hydrogen-bond donors (Lipinski definition) is 1. The van der Waals surface area contributed by atoms with Gasteiger partial charge in [-0.05, 0) is 25.1 Å². The van der Waals surface area contributed by atoms with Crippen LogP contribution in [0.4, 0.5) is 0 Å². The third kappa shape index (κ3) is 2.33. The summed E-state index contributed by atoms with van der Waals surface area (Å²) in [4.78, 5) is 11.3. The number of carbonyl (C=O) groups excluding carboxylic acids is 1. The monoisotopic (exact) mass is 237 g/mol. The second-order valence-corrected chi connectivity index (χ2v) is 4.19. The fourth-order valence-electron chi connectivity index (χ4n) is 1.40. The molecule has 1 N–H and O–H groups in total. The van der Waals surface area contributed by atoms with E-state index in [9.17, 15) is 4.79 Å². The number of nitrogens with zero attached hydrogens (tertiary/aromatic N) is 2. The molecular weight excluding hydrogens is 226 g/mol. The van der Waals surface area contributed by atoms with Gasteiger partial charge < -0.3 is 5.32 Å². The lowest BCUT2D eigenvalue weighted by Gasteiger charge is -2.03. The number of pyridine rings is 1. The summed E-state index contributed by atoms with van der Waals surface area (Å²) < 4.78 is 1.77. The highest BCUT2D eigenvalue weighted by atomic mass is 35.5. The Morgan fingerprint density at radius 2 is 2.44 bits per heavy atom. The summed E-state index contributed by atoms with van der Waals surface area (Å²) in [6, 6.07) is 7.74. The molecule has 0 fully saturated rings. The van der Waals surface area contributed by atoms with Crippen molar-refractivity contribution >= 4 is 23.0 Å². The Morgan fingerprint density at radius 1 is 1.62 bits per heavy atom. The van der Waals surface area contributed by atoms with Crippen LogP contribution in [0.2, 0.25) is 0 Å². The van der Waals surface area contributed by atoms with Gasteiger partial charge in [0.2, 0.25) is 5.91 Å². The van der Waals surface area contributed by atoms with E-state index in [4.69, 9.17) is 11.6 Å². The molecule has 84 valence electrons. The van der Waals surface area contributed by atoms with E-state index in [-0.39, 0.29) is 5.91 Å². The summed E-state index contributed by atoms with van der Waals surface area (Å²) in [7, 11) is 0. The summed E-state index contributed by atoms with van der Waals surface area (Å²) in [5.74, 6) is -0.182. The van der Waals surface area contributed by atoms with Crippen LogP contribution in [0.25, 0.3) is 5.52 Å². The number of carbonyl (C=O) groups is 1. The van der Waals surface area contributed by atoms with E-state index in [2.05, 4.69) is 10.4 Å². The molecule has 4 nitrogen and oxygen atoms in total. The van der Waals surface area contributed by atoms with Crippen LogP contribution >= 0.6 is 11.6 Å². The number of alkyl halides is 1. The number of nitrogens with one attached hydrogen (secondary N) is 1. The fourth-order valence-corrected chi connectivity index (χ4v) is 1.47. The van der Waals surface area contributed by atoms with E-state index < -0.39 is 5.38 Å². The first-order valence-corrected chi connectivity index (χ1v) is 5.45. The molecule has 0 saturated carbocycles. The topological polar surface area (TPSA) is 46.4 Å². The first-order chi connectivity index (χ1) is 7.66. The molecule has 2 heterocycles. The molecule has 0 bridgehead atoms. The Balaban J connectivity index is 2.07. The Morgan fingerprint density at radius 3 is 3.12 bits per heavy atom. The van der Waals surface area contributed by atoms with Crippen LogP contribution in [0.1, 0.15) is 12.6 Å². The van der Waals surface area contributed by atoms with E-state index >= 15 is 0 Å². The highest BCUT2D eigenvalue weighted by molar-refractivity contribution is 6.30. The molecule has 1 atom stereocenters. The van der Waals surface area contributed by atoms with Crippen LogP contribution < -0.4 is 5.32 Å². The lowest BCUT2D eigenvalue weighted by atomic mass is 10.3. The average molecular weight is 238 g/mol. The molecule has 2 aromatic heterocycles. The smallest absolute Gasteiger partial charge is 0.238 e. The molecule has 0 aliphatic heterocycles. The third-order valence-corrected chi connectivity index (χ3v) is 2.42. The minimum absolute atomic E-state index is 0.182. The van der Waals surface area contributed by atoms with Crippen molar-refractivity contribution in [1.29, 1.82) is 0 Å². The normalized spacial score (nSPS) is 12.6. The predicted molar refractivity (Wildman–Crippen MR) is 62.4 cm³/mol. The van der Waals surface area contributed by atoms with Crippen LogP contribution in [0.15, 0.2) is 30.5 Å². The van der Waals surface area contributed by atoms with Gasteiger partial charge in [-0.1, -0.05) is 6.07 Å². The van der Waals surface area contributed by atoms with E-state index in [1.165, 1.54) is 0 Å². The van der Waals surface area contributed by atoms with Gasteiger partial charge in [0.15, 0.2) is 0 Å². The standard InChI is InChI=1S/C11H12ClN3O/c1-8(12)11(16)13-7-9-6-10-4-2-3-5-15(10)14-9/h2-6,8H,7H2,1H3,(H,13,16). The quantitative estimate of drug-likeness (QED) is 0.824. The largest absolute Gasteiger partial charge is 0.349 e. The van der Waals surface area contributed by atoms with Gasteiger partial charge in [-0.3, -0.25) is 4.79 Å². The predicted octanol–water partition coefficient (Wildman–Crippen LogP) is 1.58. The molecular formula is C11H12ClN3O. The molecule has 16 heavy (non-hydrogen) atoms. The average Bonchev–Trinajstić information content (AvgIpc) is 2.68. The second kappa shape index (κ2) is 4.53. The van der Waals surface area contributed by atoms with Gasteiger partial charge in [0.1, 0.15) is 5.38 Å². The van der Waals surface area contributed by atoms with Crippen molar-refractivity contribution in [3.63, 3.8) is 0 Å². The Bertz CT molecular complexity index is 474. The Hall–Kier alpha value is -1.55. The molecule has 0 aliphatic carbocycles. The van der Waals surface area contributed by atoms with Gasteiger partial charge >= 0.3 is 0 Å². The van der Waals surface area contributed by atoms with Crippen molar-refractivity contribution in [3.8, 4) is 0 Å². The lowest BCUT2D eigenvalue weighted by molar-refractivity contribution is -0.120. The van der Waals surface area contributed by atoms with Gasteiger partial charge in [0.05, 0.1) is 17.8 Å². The highest BCUT2D eigenvalue weighted by Gasteiger charge is 2.09. The molecule has 2 rings (SSSR count). The second-order valence-electron chi connectivity index (χ2n) is 3.54. The lowest BCUT2D eigenvalue weighted by Crippen LogP contribution is -2.29. The first kappa shape index (κ1) is 11.0. The van der Waals surface area contributed by atoms with Crippen molar-refractivity contribution in [2.75, 3.05) is 0 Å². The summed E-state index contributed by atoms with van der Waals surface area (Å²) >= 11 is 5.64. The number of rotatable bonds is 3. The SMILES string of the molecule is CC(Cl)C(=O)NCc1cc2ccccn2n1. The number of fused-ring (bicyclic) bond motifs is 1. The zero-order valence-corrected chi connectivity index (χ0v) is 9.61. The van der Waals surface area contributed by atoms with Gasteiger partial charge in [-0.2, -0.15) is 5.10 Å². The third-order valence-electron chi connectivity index (χ3n) is 2.23. The van der Waals surface area contributed by atoms with Crippen LogP contribution in [0.5, 0.6) is 0 Å². The van der Waals surface area contributed by atoms with Crippen LogP contribution in [-0.2, 0) is 11.3 Å². The van der Waals surface area contributed by atoms with E-state index in [1.54, 1.807) is 11.4 Å². The molecule has 0 aromatic carbocycles. The Kier molecular flexibility index (Phi) is 3.10. The van der Waals surface area contributed by atoms with Crippen LogP contribution in [-0.4, -0.2) is 20.9 Å². The number of halogens is 1. The van der Waals surface area contributed by atoms with Gasteiger partial charge in [0, 0.05) is 6.20 Å². The molecule has 0 aliphatic rings. The molecule has 2 aromatic rings. The minimum atomic E-state index is -0.517. The van der Waals surface area contributed by atoms with Crippen molar-refractivity contribution in [2.45, 2.75) is 18.8 Å². The maximum Gasteiger partial charge on any atom is 0.238 e. The van der Waals surface area contributed by atoms with Crippen molar-refractivity contribution in [2.24, 2.45) is 0 Å². The maximum absolute atomic E-state index is 11.3. The molecule has 0 saturated heterocycles. The number of amides is 1. The molecule has 0 spiro atoms. The minimum Gasteiger partial charge on any atom is -0.349 e. The van der Waals surface area contributed by atoms with Crippen molar-refractivity contribution < 1.29 is 4.79 Å². The van der Waals surface area contributed by atoms with Crippen LogP contribution in [0.3, 0.4) is 0 Å². The fraction of sp³-hybridized carbons (Fsp3) is 0.273. The van der Waals surface area contributed by atoms with Crippen molar-refractivity contribution in [3.05, 3.63) is 36.2 Å². The van der Waals surface area contributed by atoms with Gasteiger partial charge in [-0.25, -0.2) is 4.52 Å². The van der Waals surface area contributed by atoms with Crippen LogP contribution in [0, 0.1) is 0 Å². The first-order valence-electron chi connectivity index (χ1n) is 5.02. The molecule has 5 heteroatoms. The summed E-state index contributed by atoms with van der Waals surface area (Å²) in [6.07, 6.45) is 1.87. The molecule has 0 radical (unpaired) electrons. The highest BCUT2D eigenvalue weighted by Crippen LogP contribution is 2.05. The van der Waals surface area contributed by atoms with Crippen molar-refractivity contribution in [1.82, 2.24) is 14.9 Å². The number of aromatic nitrogens is 2. The zero-order valence-electron chi connectivity index (χ0n) is 8.85. The number of hydrogen-bond acceptors (Lipinski definition) is 2. The summed E-state index contributed by atoms with van der Waals surface area (Å²) in [5, 5.41) is 6.50. The summed E-state index contributed by atoms with van der Waals surface area (Å²) in [5.41, 5.74) is 1.82. The maximum atomic E-state index is 11.3. The summed E-state index contributed by atoms with van der Waals surface area (Å²) in [6.45, 7) is 2.04. The molecule has 1 amide bonds. The van der Waals surface area contributed by atoms with Gasteiger partial charge in [0.25, 0.3) is 0 Å². The Labute approximate surface area is 98.2 Å². The van der Waals surface area contributed by atoms with E-state index in [1.807, 2.05) is 30.5 Å². The van der Waals surface area contributed by atoms with E-state index in [0.717, 1.165) is 11.2 Å².